The molecule has 0 aliphatic heterocycles. The van der Waals surface area contributed by atoms with Gasteiger partial charge in [-0.1, -0.05) is 18.2 Å². The summed E-state index contributed by atoms with van der Waals surface area (Å²) in [6, 6.07) is 8.59. The fourth-order valence-corrected chi connectivity index (χ4v) is 1.91. The van der Waals surface area contributed by atoms with Gasteiger partial charge in [0.1, 0.15) is 5.54 Å². The van der Waals surface area contributed by atoms with Crippen molar-refractivity contribution in [3.8, 4) is 0 Å². The zero-order valence-corrected chi connectivity index (χ0v) is 13.5. The monoisotopic (exact) mass is 315 g/mol. The molecule has 1 aromatic heterocycles. The van der Waals surface area contributed by atoms with Crippen LogP contribution in [0.1, 0.15) is 20.8 Å². The number of aryl methyl sites for hydroxylation is 1. The first-order valence-electron chi connectivity index (χ1n) is 7.39. The van der Waals surface area contributed by atoms with Crippen molar-refractivity contribution in [2.45, 2.75) is 32.9 Å². The van der Waals surface area contributed by atoms with Gasteiger partial charge in [-0.2, -0.15) is 5.10 Å². The number of para-hydroxylation sites is 1. The summed E-state index contributed by atoms with van der Waals surface area (Å²) in [6.07, 6.45) is 3.31. The normalized spacial score (nSPS) is 10.9. The summed E-state index contributed by atoms with van der Waals surface area (Å²) in [7, 11) is 0. The predicted molar refractivity (Wildman–Crippen MR) is 89.2 cm³/mol. The lowest BCUT2D eigenvalue weighted by Crippen LogP contribution is -2.53. The Kier molecular flexibility index (Phi) is 5.00. The molecule has 0 saturated heterocycles. The molecule has 7 heteroatoms. The van der Waals surface area contributed by atoms with Crippen LogP contribution < -0.4 is 16.0 Å². The van der Waals surface area contributed by atoms with Crippen molar-refractivity contribution in [2.75, 3.05) is 10.6 Å². The first-order valence-corrected chi connectivity index (χ1v) is 7.39. The molecule has 0 bridgehead atoms. The van der Waals surface area contributed by atoms with Gasteiger partial charge in [-0.05, 0) is 32.9 Å². The molecule has 2 rings (SSSR count). The van der Waals surface area contributed by atoms with Crippen LogP contribution in [0.2, 0.25) is 0 Å². The van der Waals surface area contributed by atoms with E-state index in [-0.39, 0.29) is 5.91 Å². The average Bonchev–Trinajstić information content (AvgIpc) is 2.95. The number of aromatic nitrogens is 2. The van der Waals surface area contributed by atoms with E-state index in [2.05, 4.69) is 21.0 Å². The Balaban J connectivity index is 1.94. The van der Waals surface area contributed by atoms with Crippen LogP contribution in [0.15, 0.2) is 42.7 Å². The zero-order valence-electron chi connectivity index (χ0n) is 13.5. The number of hydrogen-bond acceptors (Lipinski definition) is 3. The van der Waals surface area contributed by atoms with Gasteiger partial charge in [0.05, 0.1) is 11.9 Å². The second kappa shape index (κ2) is 6.95. The molecule has 23 heavy (non-hydrogen) atoms. The van der Waals surface area contributed by atoms with E-state index in [0.717, 1.165) is 6.54 Å². The largest absolute Gasteiger partial charge is 0.324 e. The number of nitrogens with one attached hydrogen (secondary N) is 3. The number of hydrogen-bond donors (Lipinski definition) is 3. The fourth-order valence-electron chi connectivity index (χ4n) is 1.91. The van der Waals surface area contributed by atoms with Gasteiger partial charge < -0.3 is 16.0 Å². The maximum atomic E-state index is 12.3. The van der Waals surface area contributed by atoms with E-state index in [1.54, 1.807) is 43.1 Å². The van der Waals surface area contributed by atoms with Gasteiger partial charge in [-0.15, -0.1) is 0 Å². The van der Waals surface area contributed by atoms with Crippen LogP contribution in [0.3, 0.4) is 0 Å². The molecule has 0 unspecified atom stereocenters. The molecule has 0 fully saturated rings. The lowest BCUT2D eigenvalue weighted by atomic mass is 10.1. The molecule has 1 heterocycles. The third-order valence-corrected chi connectivity index (χ3v) is 3.24. The average molecular weight is 315 g/mol. The first-order chi connectivity index (χ1) is 10.9. The van der Waals surface area contributed by atoms with Crippen LogP contribution in [0.25, 0.3) is 0 Å². The van der Waals surface area contributed by atoms with Crippen molar-refractivity contribution in [2.24, 2.45) is 0 Å². The van der Waals surface area contributed by atoms with Crippen molar-refractivity contribution in [1.29, 1.82) is 0 Å². The zero-order chi connectivity index (χ0) is 16.9. The summed E-state index contributed by atoms with van der Waals surface area (Å²) in [6.45, 7) is 5.95. The van der Waals surface area contributed by atoms with E-state index in [4.69, 9.17) is 0 Å². The maximum absolute atomic E-state index is 12.3. The van der Waals surface area contributed by atoms with Crippen molar-refractivity contribution >= 4 is 23.3 Å². The van der Waals surface area contributed by atoms with E-state index in [1.807, 2.05) is 25.1 Å². The van der Waals surface area contributed by atoms with Gasteiger partial charge in [0.15, 0.2) is 0 Å². The van der Waals surface area contributed by atoms with E-state index in [9.17, 15) is 9.59 Å². The van der Waals surface area contributed by atoms with Crippen molar-refractivity contribution in [3.05, 3.63) is 42.7 Å². The van der Waals surface area contributed by atoms with Crippen LogP contribution in [0.4, 0.5) is 16.2 Å². The van der Waals surface area contributed by atoms with Crippen LogP contribution in [0, 0.1) is 0 Å². The van der Waals surface area contributed by atoms with Gasteiger partial charge in [0, 0.05) is 18.4 Å². The van der Waals surface area contributed by atoms with E-state index >= 15 is 0 Å². The molecule has 122 valence electrons. The number of amides is 3. The van der Waals surface area contributed by atoms with E-state index in [0.29, 0.717) is 11.4 Å². The Labute approximate surface area is 135 Å². The highest BCUT2D eigenvalue weighted by Gasteiger charge is 2.29. The number of benzene rings is 1. The minimum absolute atomic E-state index is 0.323. The van der Waals surface area contributed by atoms with Crippen LogP contribution in [-0.4, -0.2) is 27.3 Å². The lowest BCUT2D eigenvalue weighted by molar-refractivity contribution is -0.120. The molecule has 0 spiro atoms. The standard InChI is InChI=1S/C16H21N5O2/c1-4-21-11-13(10-17-21)18-14(22)16(2,3)20-15(23)19-12-8-6-5-7-9-12/h5-11H,4H2,1-3H3,(H,18,22)(H2,19,20,23). The van der Waals surface area contributed by atoms with E-state index < -0.39 is 11.6 Å². The predicted octanol–water partition coefficient (Wildman–Crippen LogP) is 2.44. The van der Waals surface area contributed by atoms with Crippen LogP contribution in [0.5, 0.6) is 0 Å². The highest BCUT2D eigenvalue weighted by Crippen LogP contribution is 2.11. The summed E-state index contributed by atoms with van der Waals surface area (Å²) in [5.74, 6) is -0.323. The summed E-state index contributed by atoms with van der Waals surface area (Å²) >= 11 is 0. The molecular weight excluding hydrogens is 294 g/mol. The molecule has 0 radical (unpaired) electrons. The molecule has 0 atom stereocenters. The van der Waals surface area contributed by atoms with Gasteiger partial charge >= 0.3 is 6.03 Å². The van der Waals surface area contributed by atoms with Crippen LogP contribution >= 0.6 is 0 Å². The highest BCUT2D eigenvalue weighted by molar-refractivity contribution is 6.01. The molecule has 0 aliphatic carbocycles. The SMILES string of the molecule is CCn1cc(NC(=O)C(C)(C)NC(=O)Nc2ccccc2)cn1. The molecular formula is C16H21N5O2. The summed E-state index contributed by atoms with van der Waals surface area (Å²) < 4.78 is 1.71. The van der Waals surface area contributed by atoms with Crippen molar-refractivity contribution in [1.82, 2.24) is 15.1 Å². The molecule has 1 aromatic carbocycles. The first kappa shape index (κ1) is 16.5. The minimum Gasteiger partial charge on any atom is -0.324 e. The Morgan fingerprint density at radius 3 is 2.43 bits per heavy atom. The lowest BCUT2D eigenvalue weighted by Gasteiger charge is -2.24. The maximum Gasteiger partial charge on any atom is 0.320 e. The molecule has 3 amide bonds. The van der Waals surface area contributed by atoms with Crippen molar-refractivity contribution < 1.29 is 9.59 Å². The summed E-state index contributed by atoms with van der Waals surface area (Å²) in [5.41, 5.74) is 0.174. The molecule has 3 N–H and O–H groups in total. The molecule has 0 aliphatic rings. The smallest absolute Gasteiger partial charge is 0.320 e. The van der Waals surface area contributed by atoms with Gasteiger partial charge in [-0.25, -0.2) is 4.79 Å². The number of urea groups is 1. The second-order valence-electron chi connectivity index (χ2n) is 5.61. The topological polar surface area (TPSA) is 88.0 Å². The molecule has 0 saturated carbocycles. The Hall–Kier alpha value is -2.83. The Morgan fingerprint density at radius 1 is 1.13 bits per heavy atom. The van der Waals surface area contributed by atoms with Gasteiger partial charge in [0.2, 0.25) is 5.91 Å². The number of carbonyl (C=O) groups is 2. The second-order valence-corrected chi connectivity index (χ2v) is 5.61. The van der Waals surface area contributed by atoms with Crippen LogP contribution in [-0.2, 0) is 11.3 Å². The Morgan fingerprint density at radius 2 is 1.83 bits per heavy atom. The van der Waals surface area contributed by atoms with E-state index in [1.165, 1.54) is 0 Å². The highest BCUT2D eigenvalue weighted by atomic mass is 16.2. The minimum atomic E-state index is -1.08. The molecule has 2 aromatic rings. The summed E-state index contributed by atoms with van der Waals surface area (Å²) in [4.78, 5) is 24.3. The molecule has 7 nitrogen and oxygen atoms in total. The van der Waals surface area contributed by atoms with Gasteiger partial charge in [0.25, 0.3) is 0 Å². The quantitative estimate of drug-likeness (QED) is 0.792. The van der Waals surface area contributed by atoms with Gasteiger partial charge in [-0.3, -0.25) is 9.48 Å². The number of nitrogens with zero attached hydrogens (tertiary/aromatic N) is 2. The fraction of sp³-hybridized carbons (Fsp3) is 0.312. The number of anilines is 2. The van der Waals surface area contributed by atoms with Crippen molar-refractivity contribution in [3.63, 3.8) is 0 Å². The third kappa shape index (κ3) is 4.57. The third-order valence-electron chi connectivity index (χ3n) is 3.24. The summed E-state index contributed by atoms with van der Waals surface area (Å²) in [5, 5.41) is 12.2. The number of carbonyl (C=O) groups excluding carboxylic acids is 2. The Bertz CT molecular complexity index is 679. The number of rotatable bonds is 5.